The van der Waals surface area contributed by atoms with E-state index in [2.05, 4.69) is 18.7 Å². The molecule has 31 heavy (non-hydrogen) atoms. The van der Waals surface area contributed by atoms with Crippen molar-refractivity contribution in [2.45, 2.75) is 44.6 Å². The van der Waals surface area contributed by atoms with E-state index in [1.165, 1.54) is 4.31 Å². The van der Waals surface area contributed by atoms with Gasteiger partial charge in [-0.1, -0.05) is 31.5 Å². The third-order valence-electron chi connectivity index (χ3n) is 4.89. The van der Waals surface area contributed by atoms with Crippen LogP contribution in [0.15, 0.2) is 53.4 Å². The molecule has 0 saturated heterocycles. The molecule has 1 atom stereocenters. The van der Waals surface area contributed by atoms with E-state index in [1.807, 2.05) is 6.92 Å². The van der Waals surface area contributed by atoms with Gasteiger partial charge in [-0.2, -0.15) is 0 Å². The molecule has 0 fully saturated rings. The third-order valence-corrected chi connectivity index (χ3v) is 6.70. The van der Waals surface area contributed by atoms with Crippen LogP contribution < -0.4 is 9.04 Å². The van der Waals surface area contributed by atoms with Gasteiger partial charge in [0.2, 0.25) is 0 Å². The zero-order chi connectivity index (χ0) is 22.1. The van der Waals surface area contributed by atoms with Gasteiger partial charge < -0.3 is 14.7 Å². The highest BCUT2D eigenvalue weighted by atomic mass is 35.5. The van der Waals surface area contributed by atoms with Gasteiger partial charge in [-0.25, -0.2) is 8.42 Å². The second kappa shape index (κ2) is 12.9. The largest absolute Gasteiger partial charge is 0.497 e. The zero-order valence-electron chi connectivity index (χ0n) is 18.8. The molecule has 2 rings (SSSR count). The molecule has 0 radical (unpaired) electrons. The number of sulfonamides is 1. The van der Waals surface area contributed by atoms with Gasteiger partial charge in [-0.3, -0.25) is 4.31 Å². The number of methoxy groups -OCH3 is 1. The highest BCUT2D eigenvalue weighted by molar-refractivity contribution is 7.92. The van der Waals surface area contributed by atoms with Gasteiger partial charge in [0.15, 0.2) is 0 Å². The summed E-state index contributed by atoms with van der Waals surface area (Å²) in [5.74, 6) is 0.643. The van der Waals surface area contributed by atoms with E-state index >= 15 is 0 Å². The van der Waals surface area contributed by atoms with Gasteiger partial charge in [0.1, 0.15) is 5.75 Å². The van der Waals surface area contributed by atoms with Crippen molar-refractivity contribution in [1.29, 1.82) is 0 Å². The lowest BCUT2D eigenvalue weighted by Crippen LogP contribution is -2.43. The van der Waals surface area contributed by atoms with E-state index in [-0.39, 0.29) is 23.8 Å². The van der Waals surface area contributed by atoms with Crippen LogP contribution >= 0.6 is 12.4 Å². The summed E-state index contributed by atoms with van der Waals surface area (Å²) in [5.41, 5.74) is 1.48. The number of aryl methyl sites for hydroxylation is 1. The molecule has 0 aliphatic carbocycles. The first kappa shape index (κ1) is 27.2. The molecule has 0 spiro atoms. The first-order chi connectivity index (χ1) is 14.3. The average Bonchev–Trinajstić information content (AvgIpc) is 2.73. The maximum atomic E-state index is 13.4. The number of benzene rings is 2. The molecule has 0 aliphatic rings. The molecular formula is C23H35ClN2O4S. The van der Waals surface area contributed by atoms with Gasteiger partial charge in [-0.05, 0) is 69.3 Å². The van der Waals surface area contributed by atoms with E-state index < -0.39 is 16.1 Å². The molecule has 0 heterocycles. The van der Waals surface area contributed by atoms with Gasteiger partial charge >= 0.3 is 0 Å². The molecule has 0 saturated carbocycles. The summed E-state index contributed by atoms with van der Waals surface area (Å²) in [5, 5.41) is 10.8. The minimum atomic E-state index is -3.83. The molecular weight excluding hydrogens is 436 g/mol. The Hall–Kier alpha value is -1.80. The predicted octanol–water partition coefficient (Wildman–Crippen LogP) is 4.10. The summed E-state index contributed by atoms with van der Waals surface area (Å²) < 4.78 is 33.4. The van der Waals surface area contributed by atoms with Crippen LogP contribution in [0.4, 0.5) is 5.69 Å². The number of hydrogen-bond donors (Lipinski definition) is 1. The monoisotopic (exact) mass is 470 g/mol. The zero-order valence-corrected chi connectivity index (χ0v) is 20.5. The minimum Gasteiger partial charge on any atom is -0.497 e. The Morgan fingerprint density at radius 1 is 0.935 bits per heavy atom. The van der Waals surface area contributed by atoms with Crippen LogP contribution in [0.2, 0.25) is 0 Å². The van der Waals surface area contributed by atoms with Crippen LogP contribution in [0.25, 0.3) is 0 Å². The highest BCUT2D eigenvalue weighted by Crippen LogP contribution is 2.26. The van der Waals surface area contributed by atoms with Gasteiger partial charge in [0.05, 0.1) is 30.3 Å². The molecule has 0 aliphatic heterocycles. The second-order valence-electron chi connectivity index (χ2n) is 7.50. The number of anilines is 1. The molecule has 0 aromatic heterocycles. The normalized spacial score (nSPS) is 12.3. The molecule has 8 heteroatoms. The van der Waals surface area contributed by atoms with Crippen LogP contribution in [-0.2, 0) is 10.0 Å². The molecule has 0 amide bonds. The minimum absolute atomic E-state index is 0. The maximum Gasteiger partial charge on any atom is 0.264 e. The Morgan fingerprint density at radius 3 is 1.97 bits per heavy atom. The fraction of sp³-hybridized carbons (Fsp3) is 0.478. The lowest BCUT2D eigenvalue weighted by molar-refractivity contribution is 0.119. The van der Waals surface area contributed by atoms with E-state index in [4.69, 9.17) is 4.74 Å². The SMILES string of the molecule is CCCN(CCC)CC(O)CN(c1ccc(OC)cc1)S(=O)(=O)c1ccc(C)cc1.Cl. The summed E-state index contributed by atoms with van der Waals surface area (Å²) in [4.78, 5) is 2.38. The van der Waals surface area contributed by atoms with Crippen molar-refractivity contribution < 1.29 is 18.3 Å². The van der Waals surface area contributed by atoms with Crippen molar-refractivity contribution in [2.24, 2.45) is 0 Å². The predicted molar refractivity (Wildman–Crippen MR) is 129 cm³/mol. The van der Waals surface area contributed by atoms with Gasteiger partial charge in [-0.15, -0.1) is 12.4 Å². The standard InChI is InChI=1S/C23H34N2O4S.ClH/c1-5-15-24(16-6-2)17-21(26)18-25(20-9-11-22(29-4)12-10-20)30(27,28)23-13-7-19(3)8-14-23;/h7-14,21,26H,5-6,15-18H2,1-4H3;1H. The lowest BCUT2D eigenvalue weighted by atomic mass is 10.2. The van der Waals surface area contributed by atoms with E-state index in [9.17, 15) is 13.5 Å². The third kappa shape index (κ3) is 7.68. The van der Waals surface area contributed by atoms with Crippen LogP contribution in [0.3, 0.4) is 0 Å². The summed E-state index contributed by atoms with van der Waals surface area (Å²) in [6, 6.07) is 13.6. The van der Waals surface area contributed by atoms with Crippen molar-refractivity contribution in [1.82, 2.24) is 4.90 Å². The Morgan fingerprint density at radius 2 is 1.48 bits per heavy atom. The quantitative estimate of drug-likeness (QED) is 0.505. The first-order valence-corrected chi connectivity index (χ1v) is 11.9. The van der Waals surface area contributed by atoms with Crippen molar-refractivity contribution in [3.05, 3.63) is 54.1 Å². The summed E-state index contributed by atoms with van der Waals surface area (Å²) in [6.07, 6.45) is 1.15. The van der Waals surface area contributed by atoms with Crippen LogP contribution in [-0.4, -0.2) is 57.8 Å². The number of aliphatic hydroxyl groups excluding tert-OH is 1. The number of rotatable bonds is 12. The number of aliphatic hydroxyl groups is 1. The van der Waals surface area contributed by atoms with Crippen LogP contribution in [0.1, 0.15) is 32.3 Å². The smallest absolute Gasteiger partial charge is 0.264 e. The van der Waals surface area contributed by atoms with Crippen molar-refractivity contribution in [3.63, 3.8) is 0 Å². The molecule has 174 valence electrons. The molecule has 0 bridgehead atoms. The van der Waals surface area contributed by atoms with E-state index in [1.54, 1.807) is 55.6 Å². The Balaban J connectivity index is 0.00000480. The van der Waals surface area contributed by atoms with E-state index in [0.717, 1.165) is 31.5 Å². The summed E-state index contributed by atoms with van der Waals surface area (Å²) in [7, 11) is -2.27. The molecule has 1 unspecified atom stereocenters. The molecule has 2 aromatic rings. The number of ether oxygens (including phenoxy) is 1. The van der Waals surface area contributed by atoms with Crippen molar-refractivity contribution in [2.75, 3.05) is 37.6 Å². The Labute approximate surface area is 193 Å². The fourth-order valence-electron chi connectivity index (χ4n) is 3.40. The Bertz CT molecular complexity index is 867. The van der Waals surface area contributed by atoms with Crippen molar-refractivity contribution in [3.8, 4) is 5.75 Å². The number of nitrogens with zero attached hydrogens (tertiary/aromatic N) is 2. The second-order valence-corrected chi connectivity index (χ2v) is 9.36. The van der Waals surface area contributed by atoms with Gasteiger partial charge in [0.25, 0.3) is 10.0 Å². The van der Waals surface area contributed by atoms with Crippen molar-refractivity contribution >= 4 is 28.1 Å². The maximum absolute atomic E-state index is 13.4. The summed E-state index contributed by atoms with van der Waals surface area (Å²) >= 11 is 0. The first-order valence-electron chi connectivity index (χ1n) is 10.5. The average molecular weight is 471 g/mol. The van der Waals surface area contributed by atoms with Gasteiger partial charge in [0, 0.05) is 6.54 Å². The summed E-state index contributed by atoms with van der Waals surface area (Å²) in [6.45, 7) is 8.26. The lowest BCUT2D eigenvalue weighted by Gasteiger charge is -2.30. The van der Waals surface area contributed by atoms with Crippen LogP contribution in [0, 0.1) is 6.92 Å². The highest BCUT2D eigenvalue weighted by Gasteiger charge is 2.28. The Kier molecular flexibility index (Phi) is 11.3. The molecule has 6 nitrogen and oxygen atoms in total. The van der Waals surface area contributed by atoms with E-state index in [0.29, 0.717) is 18.0 Å². The topological polar surface area (TPSA) is 70.1 Å². The number of hydrogen-bond acceptors (Lipinski definition) is 5. The fourth-order valence-corrected chi connectivity index (χ4v) is 4.90. The molecule has 1 N–H and O–H groups in total. The number of halogens is 1. The van der Waals surface area contributed by atoms with Crippen LogP contribution in [0.5, 0.6) is 5.75 Å². The molecule has 2 aromatic carbocycles.